The molecule has 0 aromatic heterocycles. The lowest BCUT2D eigenvalue weighted by Crippen LogP contribution is -2.41. The summed E-state index contributed by atoms with van der Waals surface area (Å²) >= 11 is 0. The topological polar surface area (TPSA) is 43.8 Å². The first-order valence-electron chi connectivity index (χ1n) is 8.82. The molecule has 0 aliphatic carbocycles. The fourth-order valence-electron chi connectivity index (χ4n) is 4.00. The summed E-state index contributed by atoms with van der Waals surface area (Å²) in [4.78, 5) is 17.0. The van der Waals surface area contributed by atoms with E-state index in [9.17, 15) is 9.90 Å². The van der Waals surface area contributed by atoms with E-state index < -0.39 is 5.60 Å². The summed E-state index contributed by atoms with van der Waals surface area (Å²) in [5, 5.41) is 10.7. The van der Waals surface area contributed by atoms with E-state index in [0.717, 1.165) is 45.2 Å². The highest BCUT2D eigenvalue weighted by Crippen LogP contribution is 2.27. The summed E-state index contributed by atoms with van der Waals surface area (Å²) in [7, 11) is 0. The number of amides is 1. The summed E-state index contributed by atoms with van der Waals surface area (Å²) in [5.74, 6) is 0.154. The molecule has 2 fully saturated rings. The molecule has 1 amide bonds. The van der Waals surface area contributed by atoms with Crippen LogP contribution in [0.4, 0.5) is 0 Å². The Labute approximate surface area is 129 Å². The number of likely N-dealkylation sites (tertiary alicyclic amines) is 2. The van der Waals surface area contributed by atoms with Crippen molar-refractivity contribution in [3.05, 3.63) is 0 Å². The second-order valence-electron chi connectivity index (χ2n) is 6.93. The first-order chi connectivity index (χ1) is 10.1. The van der Waals surface area contributed by atoms with Crippen molar-refractivity contribution >= 4 is 5.91 Å². The van der Waals surface area contributed by atoms with Gasteiger partial charge in [0.05, 0.1) is 12.0 Å². The lowest BCUT2D eigenvalue weighted by atomic mass is 9.89. The molecule has 0 bridgehead atoms. The maximum absolute atomic E-state index is 12.5. The van der Waals surface area contributed by atoms with Crippen LogP contribution >= 0.6 is 0 Å². The molecule has 0 saturated carbocycles. The van der Waals surface area contributed by atoms with E-state index in [1.165, 1.54) is 25.9 Å². The molecule has 2 saturated heterocycles. The van der Waals surface area contributed by atoms with Crippen LogP contribution in [0.25, 0.3) is 0 Å². The summed E-state index contributed by atoms with van der Waals surface area (Å²) < 4.78 is 0. The van der Waals surface area contributed by atoms with E-state index in [-0.39, 0.29) is 5.91 Å². The third-order valence-corrected chi connectivity index (χ3v) is 5.08. The van der Waals surface area contributed by atoms with Gasteiger partial charge in [0.25, 0.3) is 0 Å². The van der Waals surface area contributed by atoms with Crippen LogP contribution in [-0.4, -0.2) is 58.6 Å². The number of carbonyl (C=O) groups is 1. The van der Waals surface area contributed by atoms with Crippen molar-refractivity contribution in [2.75, 3.05) is 26.2 Å². The zero-order valence-electron chi connectivity index (χ0n) is 13.8. The Balaban J connectivity index is 1.85. The van der Waals surface area contributed by atoms with Crippen molar-refractivity contribution in [3.63, 3.8) is 0 Å². The number of carbonyl (C=O) groups excluding carboxylic acids is 1. The highest BCUT2D eigenvalue weighted by Gasteiger charge is 2.35. The average molecular weight is 296 g/mol. The lowest BCUT2D eigenvalue weighted by molar-refractivity contribution is -0.136. The zero-order valence-corrected chi connectivity index (χ0v) is 13.8. The van der Waals surface area contributed by atoms with E-state index in [1.54, 1.807) is 0 Å². The summed E-state index contributed by atoms with van der Waals surface area (Å²) in [6, 6.07) is 0.557. The Kier molecular flexibility index (Phi) is 6.06. The number of hydrogen-bond donors (Lipinski definition) is 1. The molecule has 2 aliphatic rings. The second-order valence-corrected chi connectivity index (χ2v) is 6.93. The fourth-order valence-corrected chi connectivity index (χ4v) is 4.00. The first kappa shape index (κ1) is 16.8. The van der Waals surface area contributed by atoms with Crippen molar-refractivity contribution in [1.29, 1.82) is 0 Å². The van der Waals surface area contributed by atoms with Crippen LogP contribution in [0.3, 0.4) is 0 Å². The van der Waals surface area contributed by atoms with E-state index in [1.807, 2.05) is 4.90 Å². The molecular weight excluding hydrogens is 264 g/mol. The predicted molar refractivity (Wildman–Crippen MR) is 85.2 cm³/mol. The molecule has 0 aromatic rings. The third kappa shape index (κ3) is 4.43. The molecule has 122 valence electrons. The summed E-state index contributed by atoms with van der Waals surface area (Å²) in [5.41, 5.74) is -0.785. The van der Waals surface area contributed by atoms with Crippen LogP contribution in [0.15, 0.2) is 0 Å². The maximum Gasteiger partial charge on any atom is 0.225 e. The molecule has 4 heteroatoms. The second kappa shape index (κ2) is 7.59. The highest BCUT2D eigenvalue weighted by atomic mass is 16.3. The Morgan fingerprint density at radius 2 is 1.76 bits per heavy atom. The van der Waals surface area contributed by atoms with Gasteiger partial charge in [-0.15, -0.1) is 0 Å². The maximum atomic E-state index is 12.5. The standard InChI is InChI=1S/C17H32N2O2/c1-3-8-17(21,9-4-2)13-16(20)19-12-7-15(14-19)18-10-5-6-11-18/h15,21H,3-14H2,1-2H3. The molecule has 4 nitrogen and oxygen atoms in total. The van der Waals surface area contributed by atoms with Gasteiger partial charge in [-0.1, -0.05) is 26.7 Å². The molecule has 0 aromatic carbocycles. The number of rotatable bonds is 7. The molecule has 1 unspecified atom stereocenters. The Morgan fingerprint density at radius 1 is 1.14 bits per heavy atom. The van der Waals surface area contributed by atoms with E-state index in [4.69, 9.17) is 0 Å². The minimum absolute atomic E-state index is 0.154. The smallest absolute Gasteiger partial charge is 0.225 e. The number of hydrogen-bond acceptors (Lipinski definition) is 3. The molecule has 2 rings (SSSR count). The van der Waals surface area contributed by atoms with Crippen molar-refractivity contribution in [2.45, 2.75) is 76.9 Å². The molecule has 1 N–H and O–H groups in total. The van der Waals surface area contributed by atoms with Crippen molar-refractivity contribution in [1.82, 2.24) is 9.80 Å². The normalized spacial score (nSPS) is 24.0. The minimum Gasteiger partial charge on any atom is -0.389 e. The third-order valence-electron chi connectivity index (χ3n) is 5.08. The van der Waals surface area contributed by atoms with Crippen LogP contribution in [0.5, 0.6) is 0 Å². The van der Waals surface area contributed by atoms with Gasteiger partial charge in [-0.05, 0) is 45.2 Å². The number of nitrogens with zero attached hydrogens (tertiary/aromatic N) is 2. The number of aliphatic hydroxyl groups is 1. The molecule has 0 radical (unpaired) electrons. The highest BCUT2D eigenvalue weighted by molar-refractivity contribution is 5.77. The van der Waals surface area contributed by atoms with Crippen LogP contribution < -0.4 is 0 Å². The Hall–Kier alpha value is -0.610. The zero-order chi connectivity index (χ0) is 15.3. The molecular formula is C17H32N2O2. The Morgan fingerprint density at radius 3 is 2.33 bits per heavy atom. The first-order valence-corrected chi connectivity index (χ1v) is 8.82. The van der Waals surface area contributed by atoms with E-state index >= 15 is 0 Å². The van der Waals surface area contributed by atoms with Gasteiger partial charge in [0.2, 0.25) is 5.91 Å². The fraction of sp³-hybridized carbons (Fsp3) is 0.941. The predicted octanol–water partition coefficient (Wildman–Crippen LogP) is 2.40. The van der Waals surface area contributed by atoms with Crippen LogP contribution in [0, 0.1) is 0 Å². The van der Waals surface area contributed by atoms with Gasteiger partial charge >= 0.3 is 0 Å². The van der Waals surface area contributed by atoms with Gasteiger partial charge in [0, 0.05) is 19.1 Å². The molecule has 2 aliphatic heterocycles. The van der Waals surface area contributed by atoms with Crippen molar-refractivity contribution in [3.8, 4) is 0 Å². The quantitative estimate of drug-likeness (QED) is 0.784. The van der Waals surface area contributed by atoms with Crippen LogP contribution in [0.2, 0.25) is 0 Å². The van der Waals surface area contributed by atoms with Gasteiger partial charge < -0.3 is 10.0 Å². The van der Waals surface area contributed by atoms with Crippen molar-refractivity contribution in [2.24, 2.45) is 0 Å². The van der Waals surface area contributed by atoms with Gasteiger partial charge in [-0.3, -0.25) is 9.69 Å². The van der Waals surface area contributed by atoms with E-state index in [0.29, 0.717) is 12.5 Å². The molecule has 2 heterocycles. The van der Waals surface area contributed by atoms with Gasteiger partial charge in [0.1, 0.15) is 0 Å². The minimum atomic E-state index is -0.785. The van der Waals surface area contributed by atoms with Crippen molar-refractivity contribution < 1.29 is 9.90 Å². The Bertz CT molecular complexity index is 334. The monoisotopic (exact) mass is 296 g/mol. The van der Waals surface area contributed by atoms with E-state index in [2.05, 4.69) is 18.7 Å². The largest absolute Gasteiger partial charge is 0.389 e. The SMILES string of the molecule is CCCC(O)(CCC)CC(=O)N1CCC(N2CCCC2)C1. The molecule has 21 heavy (non-hydrogen) atoms. The average Bonchev–Trinajstić information content (AvgIpc) is 3.10. The van der Waals surface area contributed by atoms with Crippen LogP contribution in [-0.2, 0) is 4.79 Å². The van der Waals surface area contributed by atoms with Gasteiger partial charge in [0.15, 0.2) is 0 Å². The van der Waals surface area contributed by atoms with Crippen LogP contribution in [0.1, 0.15) is 65.2 Å². The summed E-state index contributed by atoms with van der Waals surface area (Å²) in [6.07, 6.45) is 7.34. The van der Waals surface area contributed by atoms with Gasteiger partial charge in [-0.25, -0.2) is 0 Å². The lowest BCUT2D eigenvalue weighted by Gasteiger charge is -2.29. The molecule has 1 atom stereocenters. The van der Waals surface area contributed by atoms with Gasteiger partial charge in [-0.2, -0.15) is 0 Å². The summed E-state index contributed by atoms with van der Waals surface area (Å²) in [6.45, 7) is 8.28. The molecule has 0 spiro atoms.